The number of nitrogens with one attached hydrogen (secondary N) is 3. The van der Waals surface area contributed by atoms with E-state index in [0.717, 1.165) is 17.5 Å². The van der Waals surface area contributed by atoms with E-state index >= 15 is 0 Å². The second-order valence-corrected chi connectivity index (χ2v) is 15.3. The number of nitrogens with two attached hydrogens (primary N) is 1. The van der Waals surface area contributed by atoms with Gasteiger partial charge in [-0.25, -0.2) is 31.5 Å². The Balaban J connectivity index is 0.000000205. The third-order valence-corrected chi connectivity index (χ3v) is 9.59. The summed E-state index contributed by atoms with van der Waals surface area (Å²) in [7, 11) is -2.32. The molecule has 0 bridgehead atoms. The van der Waals surface area contributed by atoms with Crippen LogP contribution in [0.25, 0.3) is 22.6 Å². The summed E-state index contributed by atoms with van der Waals surface area (Å²) >= 11 is 0. The van der Waals surface area contributed by atoms with E-state index in [2.05, 4.69) is 35.6 Å². The van der Waals surface area contributed by atoms with Gasteiger partial charge in [-0.1, -0.05) is 83.1 Å². The normalized spacial score (nSPS) is 10.9. The molecule has 6 aromatic rings. The average Bonchev–Trinajstić information content (AvgIpc) is 3.91. The molecular formula is C36H37ClN8O8S2. The van der Waals surface area contributed by atoms with E-state index < -0.39 is 19.1 Å². The molecule has 5 N–H and O–H groups in total. The number of rotatable bonds is 14. The zero-order valence-corrected chi connectivity index (χ0v) is 31.5. The van der Waals surface area contributed by atoms with Crippen LogP contribution in [0.1, 0.15) is 33.8 Å². The van der Waals surface area contributed by atoms with Gasteiger partial charge in [-0.15, -0.1) is 0 Å². The predicted octanol–water partition coefficient (Wildman–Crippen LogP) is 4.26. The van der Waals surface area contributed by atoms with Crippen LogP contribution in [0.4, 0.5) is 0 Å². The van der Waals surface area contributed by atoms with E-state index in [1.807, 2.05) is 60.7 Å². The molecule has 0 aliphatic heterocycles. The minimum atomic E-state index is -3.64. The monoisotopic (exact) mass is 808 g/mol. The standard InChI is InChI=1S/C18H18N4O4S.C13H15N3O2.C5H4ClNO2S/c23-18(15-13-16(26-22-15)14-7-2-1-3-8-14)20-11-6-12-21-27(24,25)17-9-4-5-10-19-17;14-7-4-8-15-13(17)11-9-12(18-16-11)10-5-2-1-3-6-10;6-10(8,9)5-3-1-2-4-7-5/h1-5,7-10,13,21H,6,11-12H2,(H,20,23);1-3,5-6,9H,4,7-8,14H2,(H,15,17);1-4H. The molecule has 288 valence electrons. The number of carbonyl (C=O) groups excluding carboxylic acids is 2. The second kappa shape index (κ2) is 21.2. The summed E-state index contributed by atoms with van der Waals surface area (Å²) in [6.07, 6.45) is 3.95. The van der Waals surface area contributed by atoms with Crippen molar-refractivity contribution in [3.63, 3.8) is 0 Å². The highest BCUT2D eigenvalue weighted by atomic mass is 35.7. The Morgan fingerprint density at radius 1 is 0.618 bits per heavy atom. The highest BCUT2D eigenvalue weighted by Crippen LogP contribution is 2.20. The van der Waals surface area contributed by atoms with Gasteiger partial charge in [-0.05, 0) is 43.7 Å². The molecule has 0 aliphatic carbocycles. The van der Waals surface area contributed by atoms with Crippen LogP contribution < -0.4 is 21.1 Å². The van der Waals surface area contributed by atoms with Crippen molar-refractivity contribution in [1.29, 1.82) is 0 Å². The average molecular weight is 809 g/mol. The summed E-state index contributed by atoms with van der Waals surface area (Å²) in [6.45, 7) is 1.56. The van der Waals surface area contributed by atoms with Gasteiger partial charge in [0.25, 0.3) is 30.9 Å². The number of amides is 2. The van der Waals surface area contributed by atoms with Crippen LogP contribution >= 0.6 is 10.7 Å². The lowest BCUT2D eigenvalue weighted by molar-refractivity contribution is 0.0936. The fraction of sp³-hybridized carbons (Fsp3) is 0.167. The summed E-state index contributed by atoms with van der Waals surface area (Å²) in [4.78, 5) is 31.1. The van der Waals surface area contributed by atoms with Gasteiger partial charge in [0.15, 0.2) is 33.0 Å². The van der Waals surface area contributed by atoms with Gasteiger partial charge >= 0.3 is 0 Å². The van der Waals surface area contributed by atoms with Crippen molar-refractivity contribution in [2.75, 3.05) is 26.2 Å². The number of benzene rings is 2. The fourth-order valence-electron chi connectivity index (χ4n) is 4.29. The van der Waals surface area contributed by atoms with Crippen LogP contribution in [-0.2, 0) is 19.1 Å². The number of hydrogen-bond acceptors (Lipinski definition) is 13. The van der Waals surface area contributed by atoms with Crippen molar-refractivity contribution in [2.45, 2.75) is 22.9 Å². The quantitative estimate of drug-likeness (QED) is 0.0889. The van der Waals surface area contributed by atoms with Gasteiger partial charge in [0.1, 0.15) is 0 Å². The lowest BCUT2D eigenvalue weighted by Gasteiger charge is -2.06. The van der Waals surface area contributed by atoms with Crippen molar-refractivity contribution in [3.05, 3.63) is 133 Å². The largest absolute Gasteiger partial charge is 0.355 e. The fourth-order valence-corrected chi connectivity index (χ4v) is 6.01. The van der Waals surface area contributed by atoms with Crippen molar-refractivity contribution < 1.29 is 35.5 Å². The summed E-state index contributed by atoms with van der Waals surface area (Å²) in [6, 6.07) is 31.2. The molecule has 0 fully saturated rings. The number of aromatic nitrogens is 4. The van der Waals surface area contributed by atoms with Gasteiger partial charge in [0.2, 0.25) is 0 Å². The second-order valence-electron chi connectivity index (χ2n) is 11.1. The Morgan fingerprint density at radius 2 is 1.07 bits per heavy atom. The SMILES string of the molecule is NCCCNC(=O)c1cc(-c2ccccc2)on1.O=C(NCCCNS(=O)(=O)c1ccccn1)c1cc(-c2ccccc2)on1.O=S(=O)(Cl)c1ccccn1. The molecule has 4 aromatic heterocycles. The molecule has 0 spiro atoms. The Kier molecular flexibility index (Phi) is 16.2. The highest BCUT2D eigenvalue weighted by molar-refractivity contribution is 8.13. The number of halogens is 1. The van der Waals surface area contributed by atoms with Gasteiger partial charge in [0, 0.05) is 66.0 Å². The molecule has 0 aliphatic rings. The molecule has 19 heteroatoms. The molecule has 16 nitrogen and oxygen atoms in total. The van der Waals surface area contributed by atoms with Gasteiger partial charge in [-0.2, -0.15) is 0 Å². The first-order valence-electron chi connectivity index (χ1n) is 16.5. The van der Waals surface area contributed by atoms with Crippen molar-refractivity contribution >= 4 is 41.6 Å². The van der Waals surface area contributed by atoms with Crippen LogP contribution in [-0.4, -0.2) is 75.1 Å². The van der Waals surface area contributed by atoms with E-state index in [1.165, 1.54) is 24.5 Å². The number of carbonyl (C=O) groups is 2. The Bertz CT molecular complexity index is 2300. The molecule has 0 atom stereocenters. The van der Waals surface area contributed by atoms with Crippen LogP contribution in [0, 0.1) is 0 Å². The maximum Gasteiger partial charge on any atom is 0.278 e. The minimum Gasteiger partial charge on any atom is -0.355 e. The molecule has 0 unspecified atom stereocenters. The molecule has 4 heterocycles. The first-order chi connectivity index (χ1) is 26.5. The molecule has 2 aromatic carbocycles. The Hall–Kier alpha value is -5.79. The maximum absolute atomic E-state index is 12.1. The molecular weight excluding hydrogens is 772 g/mol. The minimum absolute atomic E-state index is 0.0370. The third kappa shape index (κ3) is 13.9. The smallest absolute Gasteiger partial charge is 0.278 e. The molecule has 2 amide bonds. The van der Waals surface area contributed by atoms with E-state index in [4.69, 9.17) is 25.5 Å². The van der Waals surface area contributed by atoms with Crippen LogP contribution in [0.2, 0.25) is 0 Å². The van der Waals surface area contributed by atoms with E-state index in [0.29, 0.717) is 31.0 Å². The topological polar surface area (TPSA) is 242 Å². The first-order valence-corrected chi connectivity index (χ1v) is 20.3. The molecule has 55 heavy (non-hydrogen) atoms. The zero-order chi connectivity index (χ0) is 39.5. The Morgan fingerprint density at radius 3 is 1.49 bits per heavy atom. The van der Waals surface area contributed by atoms with Gasteiger partial charge in [-0.3, -0.25) is 9.59 Å². The number of sulfonamides is 1. The van der Waals surface area contributed by atoms with E-state index in [9.17, 15) is 26.4 Å². The van der Waals surface area contributed by atoms with Gasteiger partial charge < -0.3 is 25.4 Å². The lowest BCUT2D eigenvalue weighted by Crippen LogP contribution is -2.30. The highest BCUT2D eigenvalue weighted by Gasteiger charge is 2.16. The first kappa shape index (κ1) is 42.0. The van der Waals surface area contributed by atoms with E-state index in [1.54, 1.807) is 36.4 Å². The Labute approximate surface area is 322 Å². The number of pyridine rings is 2. The lowest BCUT2D eigenvalue weighted by atomic mass is 10.1. The van der Waals surface area contributed by atoms with E-state index in [-0.39, 0.29) is 46.3 Å². The predicted molar refractivity (Wildman–Crippen MR) is 204 cm³/mol. The van der Waals surface area contributed by atoms with Crippen molar-refractivity contribution in [3.8, 4) is 22.6 Å². The maximum atomic E-state index is 12.1. The van der Waals surface area contributed by atoms with Crippen LogP contribution in [0.15, 0.2) is 141 Å². The zero-order valence-electron chi connectivity index (χ0n) is 29.1. The number of nitrogens with zero attached hydrogens (tertiary/aromatic N) is 4. The summed E-state index contributed by atoms with van der Waals surface area (Å²) < 4.78 is 57.8. The molecule has 0 saturated carbocycles. The summed E-state index contributed by atoms with van der Waals surface area (Å²) in [5.41, 5.74) is 7.52. The van der Waals surface area contributed by atoms with Crippen molar-refractivity contribution in [2.24, 2.45) is 5.73 Å². The summed E-state index contributed by atoms with van der Waals surface area (Å²) in [5.74, 6) is 0.464. The summed E-state index contributed by atoms with van der Waals surface area (Å²) in [5, 5.41) is 12.8. The van der Waals surface area contributed by atoms with Gasteiger partial charge in [0.05, 0.1) is 0 Å². The number of hydrogen-bond donors (Lipinski definition) is 4. The molecule has 0 saturated heterocycles. The molecule has 0 radical (unpaired) electrons. The van der Waals surface area contributed by atoms with Crippen LogP contribution in [0.3, 0.4) is 0 Å². The third-order valence-electron chi connectivity index (χ3n) is 7.00. The van der Waals surface area contributed by atoms with Crippen LogP contribution in [0.5, 0.6) is 0 Å². The molecule has 6 rings (SSSR count). The van der Waals surface area contributed by atoms with Crippen molar-refractivity contribution in [1.82, 2.24) is 35.6 Å².